The average molecular weight is 514 g/mol. The van der Waals surface area contributed by atoms with Crippen molar-refractivity contribution in [3.05, 3.63) is 47.6 Å². The number of allylic oxidation sites excluding steroid dienone is 1. The van der Waals surface area contributed by atoms with Crippen LogP contribution in [0, 0.1) is 6.92 Å². The molecule has 2 aromatic heterocycles. The van der Waals surface area contributed by atoms with E-state index in [1.165, 1.54) is 48.8 Å². The van der Waals surface area contributed by atoms with Crippen LogP contribution in [0.3, 0.4) is 0 Å². The van der Waals surface area contributed by atoms with Gasteiger partial charge in [0.25, 0.3) is 0 Å². The minimum atomic E-state index is -0.115. The molecule has 1 amide bonds. The van der Waals surface area contributed by atoms with Crippen molar-refractivity contribution in [3.8, 4) is 17.0 Å². The Hall–Kier alpha value is -2.65. The summed E-state index contributed by atoms with van der Waals surface area (Å²) in [6, 6.07) is 7.85. The predicted molar refractivity (Wildman–Crippen MR) is 145 cm³/mol. The number of rotatable bonds is 15. The molecule has 0 bridgehead atoms. The molecule has 9 heteroatoms. The lowest BCUT2D eigenvalue weighted by molar-refractivity contribution is -0.113. The molecule has 0 unspecified atom stereocenters. The second kappa shape index (κ2) is 14.0. The molecule has 0 radical (unpaired) electrons. The summed E-state index contributed by atoms with van der Waals surface area (Å²) in [5.74, 6) is 1.91. The third-order valence-electron chi connectivity index (χ3n) is 5.42. The summed E-state index contributed by atoms with van der Waals surface area (Å²) in [5.41, 5.74) is 1.87. The second-order valence-corrected chi connectivity index (χ2v) is 10.3. The molecule has 0 aliphatic carbocycles. The number of nitrogens with one attached hydrogen (secondary N) is 1. The Labute approximate surface area is 216 Å². The molecule has 2 heterocycles. The van der Waals surface area contributed by atoms with E-state index >= 15 is 0 Å². The quantitative estimate of drug-likeness (QED) is 0.141. The molecule has 0 aliphatic rings. The first-order chi connectivity index (χ1) is 17.0. The highest BCUT2D eigenvalue weighted by Gasteiger charge is 2.16. The minimum absolute atomic E-state index is 0.115. The highest BCUT2D eigenvalue weighted by atomic mass is 32.2. The fraction of sp³-hybridized carbons (Fsp3) is 0.462. The molecule has 1 N–H and O–H groups in total. The molecule has 188 valence electrons. The predicted octanol–water partition coefficient (Wildman–Crippen LogP) is 6.54. The van der Waals surface area contributed by atoms with E-state index in [0.717, 1.165) is 45.7 Å². The van der Waals surface area contributed by atoms with Gasteiger partial charge in [0.15, 0.2) is 10.3 Å². The molecule has 7 nitrogen and oxygen atoms in total. The molecule has 0 aliphatic heterocycles. The van der Waals surface area contributed by atoms with Crippen molar-refractivity contribution in [2.75, 3.05) is 17.7 Å². The van der Waals surface area contributed by atoms with E-state index in [0.29, 0.717) is 18.3 Å². The van der Waals surface area contributed by atoms with Gasteiger partial charge in [-0.3, -0.25) is 4.79 Å². The van der Waals surface area contributed by atoms with E-state index in [-0.39, 0.29) is 11.7 Å². The largest absolute Gasteiger partial charge is 0.494 e. The number of thiazole rings is 1. The number of ether oxygens (including phenoxy) is 1. The maximum Gasteiger partial charge on any atom is 0.236 e. The van der Waals surface area contributed by atoms with Crippen molar-refractivity contribution in [1.82, 2.24) is 19.7 Å². The van der Waals surface area contributed by atoms with Crippen LogP contribution in [0.15, 0.2) is 42.1 Å². The summed E-state index contributed by atoms with van der Waals surface area (Å²) in [6.45, 7) is 11.3. The van der Waals surface area contributed by atoms with Gasteiger partial charge >= 0.3 is 0 Å². The van der Waals surface area contributed by atoms with Gasteiger partial charge in [0.2, 0.25) is 5.91 Å². The summed E-state index contributed by atoms with van der Waals surface area (Å²) in [4.78, 5) is 18.3. The normalized spacial score (nSPS) is 10.9. The van der Waals surface area contributed by atoms with E-state index < -0.39 is 0 Å². The number of benzene rings is 1. The number of thioether (sulfide) groups is 1. The van der Waals surface area contributed by atoms with Crippen LogP contribution in [0.2, 0.25) is 0 Å². The molecule has 0 spiro atoms. The fourth-order valence-electron chi connectivity index (χ4n) is 3.69. The molecule has 0 saturated heterocycles. The van der Waals surface area contributed by atoms with E-state index in [9.17, 15) is 4.79 Å². The molecular weight excluding hydrogens is 478 g/mol. The van der Waals surface area contributed by atoms with Gasteiger partial charge in [-0.1, -0.05) is 50.4 Å². The Kier molecular flexibility index (Phi) is 10.8. The number of amides is 1. The van der Waals surface area contributed by atoms with Crippen molar-refractivity contribution < 1.29 is 9.53 Å². The number of carbonyl (C=O) groups is 1. The number of aryl methyl sites for hydroxylation is 2. The Morgan fingerprint density at radius 1 is 1.17 bits per heavy atom. The van der Waals surface area contributed by atoms with Gasteiger partial charge in [-0.2, -0.15) is 0 Å². The molecule has 35 heavy (non-hydrogen) atoms. The first-order valence-corrected chi connectivity index (χ1v) is 14.0. The van der Waals surface area contributed by atoms with Gasteiger partial charge in [0, 0.05) is 23.4 Å². The molecule has 3 aromatic rings. The molecule has 1 aromatic carbocycles. The van der Waals surface area contributed by atoms with Gasteiger partial charge in [0.05, 0.1) is 18.1 Å². The Morgan fingerprint density at radius 2 is 1.94 bits per heavy atom. The van der Waals surface area contributed by atoms with Crippen LogP contribution in [0.5, 0.6) is 5.75 Å². The van der Waals surface area contributed by atoms with Crippen LogP contribution in [0.4, 0.5) is 5.13 Å². The lowest BCUT2D eigenvalue weighted by atomic mass is 10.1. The lowest BCUT2D eigenvalue weighted by Gasteiger charge is -2.07. The smallest absolute Gasteiger partial charge is 0.236 e. The number of anilines is 1. The van der Waals surface area contributed by atoms with E-state index in [2.05, 4.69) is 38.6 Å². The number of unbranched alkanes of at least 4 members (excludes halogenated alkanes) is 4. The van der Waals surface area contributed by atoms with Crippen molar-refractivity contribution >= 4 is 34.1 Å². The van der Waals surface area contributed by atoms with Crippen molar-refractivity contribution in [2.45, 2.75) is 71.0 Å². The zero-order chi connectivity index (χ0) is 25.0. The Morgan fingerprint density at radius 3 is 2.66 bits per heavy atom. The van der Waals surface area contributed by atoms with Crippen LogP contribution in [0.1, 0.15) is 56.7 Å². The average Bonchev–Trinajstić information content (AvgIpc) is 3.41. The maximum absolute atomic E-state index is 12.6. The van der Waals surface area contributed by atoms with Crippen LogP contribution in [-0.2, 0) is 17.8 Å². The summed E-state index contributed by atoms with van der Waals surface area (Å²) < 4.78 is 7.57. The van der Waals surface area contributed by atoms with Crippen molar-refractivity contribution in [2.24, 2.45) is 0 Å². The first kappa shape index (κ1) is 26.9. The third-order valence-corrected chi connectivity index (χ3v) is 7.28. The van der Waals surface area contributed by atoms with Crippen LogP contribution < -0.4 is 10.1 Å². The summed E-state index contributed by atoms with van der Waals surface area (Å²) in [5, 5.41) is 13.0. The van der Waals surface area contributed by atoms with Gasteiger partial charge in [-0.15, -0.1) is 28.1 Å². The summed E-state index contributed by atoms with van der Waals surface area (Å²) in [6.07, 6.45) is 8.80. The lowest BCUT2D eigenvalue weighted by Crippen LogP contribution is -2.14. The highest BCUT2D eigenvalue weighted by molar-refractivity contribution is 7.99. The molecule has 3 rings (SSSR count). The third kappa shape index (κ3) is 7.93. The molecular formula is C26H35N5O2S2. The summed E-state index contributed by atoms with van der Waals surface area (Å²) >= 11 is 2.86. The van der Waals surface area contributed by atoms with Gasteiger partial charge in [0.1, 0.15) is 11.6 Å². The minimum Gasteiger partial charge on any atom is -0.494 e. The van der Waals surface area contributed by atoms with Gasteiger partial charge < -0.3 is 14.6 Å². The molecule has 0 fully saturated rings. The Bertz CT molecular complexity index is 1090. The standard InChI is InChI=1S/C26H35N5O2S2/c1-5-8-9-10-11-12-22-29-30-26(31(22)17-6-2)34-18-23(32)27-25-28-24(19(4)35-25)20-13-15-21(16-14-20)33-7-3/h6,13-16H,2,5,7-12,17-18H2,1,3-4H3,(H,27,28,32). The molecule has 0 atom stereocenters. The first-order valence-electron chi connectivity index (χ1n) is 12.2. The Balaban J connectivity index is 1.56. The van der Waals surface area contributed by atoms with E-state index in [1.807, 2.05) is 44.2 Å². The number of carbonyl (C=O) groups excluding carboxylic acids is 1. The van der Waals surface area contributed by atoms with Gasteiger partial charge in [-0.05, 0) is 44.5 Å². The van der Waals surface area contributed by atoms with Gasteiger partial charge in [-0.25, -0.2) is 4.98 Å². The van der Waals surface area contributed by atoms with E-state index in [1.54, 1.807) is 0 Å². The number of nitrogens with zero attached hydrogens (tertiary/aromatic N) is 4. The zero-order valence-electron chi connectivity index (χ0n) is 20.9. The van der Waals surface area contributed by atoms with Crippen LogP contribution in [0.25, 0.3) is 11.3 Å². The fourth-order valence-corrected chi connectivity index (χ4v) is 5.31. The SMILES string of the molecule is C=CCn1c(CCCCCCC)nnc1SCC(=O)Nc1nc(-c2ccc(OCC)cc2)c(C)s1. The topological polar surface area (TPSA) is 81.9 Å². The number of aromatic nitrogens is 4. The van der Waals surface area contributed by atoms with E-state index in [4.69, 9.17) is 4.74 Å². The highest BCUT2D eigenvalue weighted by Crippen LogP contribution is 2.31. The van der Waals surface area contributed by atoms with Crippen LogP contribution >= 0.6 is 23.1 Å². The monoisotopic (exact) mass is 513 g/mol. The van der Waals surface area contributed by atoms with Crippen LogP contribution in [-0.4, -0.2) is 38.0 Å². The molecule has 0 saturated carbocycles. The zero-order valence-corrected chi connectivity index (χ0v) is 22.5. The second-order valence-electron chi connectivity index (χ2n) is 8.18. The number of hydrogen-bond acceptors (Lipinski definition) is 7. The number of hydrogen-bond donors (Lipinski definition) is 1. The maximum atomic E-state index is 12.6. The summed E-state index contributed by atoms with van der Waals surface area (Å²) in [7, 11) is 0. The van der Waals surface area contributed by atoms with Crippen molar-refractivity contribution in [3.63, 3.8) is 0 Å². The van der Waals surface area contributed by atoms with Crippen molar-refractivity contribution in [1.29, 1.82) is 0 Å².